The lowest BCUT2D eigenvalue weighted by Crippen LogP contribution is -2.21. The Labute approximate surface area is 216 Å². The van der Waals surface area contributed by atoms with Gasteiger partial charge in [-0.15, -0.1) is 6.58 Å². The molecule has 1 unspecified atom stereocenters. The molecule has 2 aromatic carbocycles. The molecular formula is C29H30ClN3O3. The second-order valence-electron chi connectivity index (χ2n) is 8.71. The number of benzene rings is 2. The van der Waals surface area contributed by atoms with E-state index in [-0.39, 0.29) is 0 Å². The van der Waals surface area contributed by atoms with Gasteiger partial charge in [-0.05, 0) is 55.2 Å². The minimum Gasteiger partial charge on any atom is -0.472 e. The fourth-order valence-electron chi connectivity index (χ4n) is 4.42. The van der Waals surface area contributed by atoms with Crippen LogP contribution in [0.15, 0.2) is 61.2 Å². The third-order valence-electron chi connectivity index (χ3n) is 6.06. The lowest BCUT2D eigenvalue weighted by molar-refractivity contribution is -0.149. The number of esters is 1. The fraction of sp³-hybridized carbons (Fsp3) is 0.276. The van der Waals surface area contributed by atoms with Crippen LogP contribution in [-0.2, 0) is 28.9 Å². The van der Waals surface area contributed by atoms with Crippen LogP contribution in [0.2, 0.25) is 5.02 Å². The maximum Gasteiger partial charge on any atom is 0.351 e. The maximum atomic E-state index is 12.6. The molecule has 0 fully saturated rings. The van der Waals surface area contributed by atoms with Gasteiger partial charge in [-0.2, -0.15) is 0 Å². The van der Waals surface area contributed by atoms with Crippen LogP contribution in [0.5, 0.6) is 5.75 Å². The van der Waals surface area contributed by atoms with Gasteiger partial charge in [-0.25, -0.2) is 14.8 Å². The van der Waals surface area contributed by atoms with Crippen molar-refractivity contribution in [1.82, 2.24) is 14.5 Å². The van der Waals surface area contributed by atoms with Crippen LogP contribution >= 0.6 is 11.6 Å². The molecule has 4 rings (SSSR count). The third-order valence-corrected chi connectivity index (χ3v) is 6.34. The molecular weight excluding hydrogens is 474 g/mol. The van der Waals surface area contributed by atoms with E-state index in [0.29, 0.717) is 29.3 Å². The number of allylic oxidation sites excluding steroid dienone is 1. The zero-order valence-electron chi connectivity index (χ0n) is 21.0. The maximum absolute atomic E-state index is 12.6. The zero-order chi connectivity index (χ0) is 25.8. The molecule has 36 heavy (non-hydrogen) atoms. The van der Waals surface area contributed by atoms with E-state index in [9.17, 15) is 4.79 Å². The number of rotatable bonds is 9. The monoisotopic (exact) mass is 503 g/mol. The highest BCUT2D eigenvalue weighted by molar-refractivity contribution is 6.32. The molecule has 4 aromatic rings. The molecule has 2 heterocycles. The molecule has 0 radical (unpaired) electrons. The number of aromatic nitrogens is 3. The van der Waals surface area contributed by atoms with Crippen molar-refractivity contribution in [3.05, 3.63) is 100.0 Å². The molecule has 0 N–H and O–H groups in total. The number of hydrogen-bond donors (Lipinski definition) is 0. The normalized spacial score (nSPS) is 11.9. The third kappa shape index (κ3) is 5.14. The van der Waals surface area contributed by atoms with Crippen molar-refractivity contribution >= 4 is 28.7 Å². The Kier molecular flexibility index (Phi) is 7.75. The predicted octanol–water partition coefficient (Wildman–Crippen LogP) is 6.33. The molecule has 0 saturated heterocycles. The Morgan fingerprint density at radius 1 is 1.17 bits per heavy atom. The summed E-state index contributed by atoms with van der Waals surface area (Å²) in [4.78, 5) is 22.2. The number of hydrogen-bond acceptors (Lipinski definition) is 5. The summed E-state index contributed by atoms with van der Waals surface area (Å²) in [5.74, 6) is 0.901. The summed E-state index contributed by atoms with van der Waals surface area (Å²) >= 11 is 6.78. The summed E-state index contributed by atoms with van der Waals surface area (Å²) in [6, 6.07) is 15.2. The molecule has 2 aromatic heterocycles. The predicted molar refractivity (Wildman–Crippen MR) is 143 cm³/mol. The number of imidazole rings is 1. The largest absolute Gasteiger partial charge is 0.472 e. The lowest BCUT2D eigenvalue weighted by Gasteiger charge is -2.21. The summed E-state index contributed by atoms with van der Waals surface area (Å²) in [7, 11) is 1.34. The first-order chi connectivity index (χ1) is 17.4. The Morgan fingerprint density at radius 2 is 1.92 bits per heavy atom. The highest BCUT2D eigenvalue weighted by Gasteiger charge is 2.26. The molecule has 0 aliphatic rings. The minimum absolute atomic E-state index is 0.414. The van der Waals surface area contributed by atoms with Crippen LogP contribution in [0.25, 0.3) is 11.2 Å². The Bertz CT molecular complexity index is 1410. The van der Waals surface area contributed by atoms with E-state index >= 15 is 0 Å². The topological polar surface area (TPSA) is 66.2 Å². The number of methoxy groups -OCH3 is 1. The Hall–Kier alpha value is -3.64. The number of nitrogens with zero attached hydrogens (tertiary/aromatic N) is 3. The molecule has 0 bridgehead atoms. The van der Waals surface area contributed by atoms with Gasteiger partial charge in [-0.3, -0.25) is 0 Å². The molecule has 0 aliphatic carbocycles. The number of carbonyl (C=O) groups excluding carboxylic acids is 1. The summed E-state index contributed by atoms with van der Waals surface area (Å²) in [6.45, 7) is 10.6. The van der Waals surface area contributed by atoms with Gasteiger partial charge in [0.05, 0.1) is 18.7 Å². The molecule has 0 aliphatic heterocycles. The zero-order valence-corrected chi connectivity index (χ0v) is 21.8. The second kappa shape index (κ2) is 11.0. The molecule has 6 nitrogen and oxygen atoms in total. The SMILES string of the molecule is C=CCc1cc(Cn2c(CC)nc3c(C)cc(C)nc32)cc(Cl)c1OC(C(=O)OC)c1ccccc1. The number of aryl methyl sites for hydroxylation is 3. The number of ether oxygens (including phenoxy) is 2. The van der Waals surface area contributed by atoms with Crippen LogP contribution in [0.1, 0.15) is 46.8 Å². The summed E-state index contributed by atoms with van der Waals surface area (Å²) in [5.41, 5.74) is 6.33. The summed E-state index contributed by atoms with van der Waals surface area (Å²) < 4.78 is 13.4. The van der Waals surface area contributed by atoms with Crippen molar-refractivity contribution in [3.8, 4) is 5.75 Å². The first-order valence-electron chi connectivity index (χ1n) is 11.9. The van der Waals surface area contributed by atoms with Crippen molar-refractivity contribution in [2.24, 2.45) is 0 Å². The van der Waals surface area contributed by atoms with Crippen molar-refractivity contribution in [2.45, 2.75) is 46.3 Å². The van der Waals surface area contributed by atoms with Gasteiger partial charge in [0, 0.05) is 17.7 Å². The van der Waals surface area contributed by atoms with Crippen molar-refractivity contribution in [1.29, 1.82) is 0 Å². The highest BCUT2D eigenvalue weighted by atomic mass is 35.5. The Morgan fingerprint density at radius 3 is 2.58 bits per heavy atom. The average molecular weight is 504 g/mol. The lowest BCUT2D eigenvalue weighted by atomic mass is 10.1. The van der Waals surface area contributed by atoms with Crippen LogP contribution in [0.3, 0.4) is 0 Å². The second-order valence-corrected chi connectivity index (χ2v) is 9.12. The van der Waals surface area contributed by atoms with E-state index in [1.54, 1.807) is 6.08 Å². The smallest absolute Gasteiger partial charge is 0.351 e. The quantitative estimate of drug-likeness (QED) is 0.197. The van der Waals surface area contributed by atoms with Crippen molar-refractivity contribution in [3.63, 3.8) is 0 Å². The van der Waals surface area contributed by atoms with Crippen molar-refractivity contribution < 1.29 is 14.3 Å². The number of halogens is 1. The van der Waals surface area contributed by atoms with Gasteiger partial charge >= 0.3 is 5.97 Å². The van der Waals surface area contributed by atoms with Gasteiger partial charge in [0.1, 0.15) is 17.1 Å². The van der Waals surface area contributed by atoms with Gasteiger partial charge in [0.2, 0.25) is 6.10 Å². The van der Waals surface area contributed by atoms with Crippen LogP contribution in [0.4, 0.5) is 0 Å². The summed E-state index contributed by atoms with van der Waals surface area (Å²) in [5, 5.41) is 0.414. The fourth-order valence-corrected chi connectivity index (χ4v) is 4.72. The number of fused-ring (bicyclic) bond motifs is 1. The number of pyridine rings is 1. The molecule has 0 saturated carbocycles. The summed E-state index contributed by atoms with van der Waals surface area (Å²) in [6.07, 6.45) is 2.15. The van der Waals surface area contributed by atoms with Gasteiger partial charge < -0.3 is 14.0 Å². The minimum atomic E-state index is -0.942. The van der Waals surface area contributed by atoms with Gasteiger partial charge in [0.15, 0.2) is 5.65 Å². The number of carbonyl (C=O) groups is 1. The molecule has 0 amide bonds. The molecule has 1 atom stereocenters. The Balaban J connectivity index is 1.76. The molecule has 0 spiro atoms. The van der Waals surface area contributed by atoms with Crippen molar-refractivity contribution in [2.75, 3.05) is 7.11 Å². The van der Waals surface area contributed by atoms with Crippen LogP contribution < -0.4 is 4.74 Å². The standard InChI is InChI=1S/C29H30ClN3O3/c1-6-11-22-15-20(17-33-24(7-2)32-25-18(3)14-19(4)31-28(25)33)16-23(30)26(22)36-27(29(34)35-5)21-12-9-8-10-13-21/h6,8-10,12-16,27H,1,7,11,17H2,2-5H3. The van der Waals surface area contributed by atoms with E-state index in [1.165, 1.54) is 7.11 Å². The first kappa shape index (κ1) is 25.5. The van der Waals surface area contributed by atoms with Crippen LogP contribution in [-0.4, -0.2) is 27.6 Å². The highest BCUT2D eigenvalue weighted by Crippen LogP contribution is 2.36. The average Bonchev–Trinajstić information content (AvgIpc) is 3.21. The van der Waals surface area contributed by atoms with E-state index < -0.39 is 12.1 Å². The van der Waals surface area contributed by atoms with Gasteiger partial charge in [-0.1, -0.05) is 54.9 Å². The van der Waals surface area contributed by atoms with Crippen LogP contribution in [0, 0.1) is 13.8 Å². The van der Waals surface area contributed by atoms with Gasteiger partial charge in [0.25, 0.3) is 0 Å². The van der Waals surface area contributed by atoms with E-state index in [2.05, 4.69) is 31.1 Å². The molecule has 7 heteroatoms. The first-order valence-corrected chi connectivity index (χ1v) is 12.3. The van der Waals surface area contributed by atoms with E-state index in [1.807, 2.05) is 49.4 Å². The molecule has 186 valence electrons. The van der Waals surface area contributed by atoms with E-state index in [4.69, 9.17) is 31.0 Å². The van der Waals surface area contributed by atoms with E-state index in [0.717, 1.165) is 45.8 Å².